The highest BCUT2D eigenvalue weighted by atomic mass is 32.2. The fourth-order valence-corrected chi connectivity index (χ4v) is 5.45. The molecule has 0 aromatic heterocycles. The maximum atomic E-state index is 12.6. The van der Waals surface area contributed by atoms with Crippen LogP contribution in [0.4, 0.5) is 0 Å². The van der Waals surface area contributed by atoms with Crippen molar-refractivity contribution in [1.82, 2.24) is 14.9 Å². The van der Waals surface area contributed by atoms with Crippen LogP contribution in [-0.2, 0) is 14.8 Å². The van der Waals surface area contributed by atoms with Crippen LogP contribution in [0.5, 0.6) is 0 Å². The van der Waals surface area contributed by atoms with Gasteiger partial charge in [0.2, 0.25) is 15.9 Å². The van der Waals surface area contributed by atoms with Crippen LogP contribution in [0, 0.1) is 0 Å². The van der Waals surface area contributed by atoms with Gasteiger partial charge in [-0.1, -0.05) is 88.1 Å². The van der Waals surface area contributed by atoms with Gasteiger partial charge in [-0.25, -0.2) is 13.1 Å². The molecule has 2 N–H and O–H groups in total. The van der Waals surface area contributed by atoms with E-state index in [1.165, 1.54) is 0 Å². The number of nitrogens with zero attached hydrogens (tertiary/aromatic N) is 1. The Morgan fingerprint density at radius 3 is 2.31 bits per heavy atom. The molecule has 6 nitrogen and oxygen atoms in total. The Bertz CT molecular complexity index is 1010. The number of sulfonamides is 1. The van der Waals surface area contributed by atoms with E-state index in [0.717, 1.165) is 17.4 Å². The minimum atomic E-state index is -3.58. The fourth-order valence-electron chi connectivity index (χ4n) is 4.16. The van der Waals surface area contributed by atoms with Crippen LogP contribution in [0.25, 0.3) is 0 Å². The van der Waals surface area contributed by atoms with Gasteiger partial charge in [0, 0.05) is 26.9 Å². The van der Waals surface area contributed by atoms with E-state index in [-0.39, 0.29) is 29.3 Å². The van der Waals surface area contributed by atoms with Gasteiger partial charge in [0.05, 0.1) is 26.5 Å². The molecule has 1 fully saturated rings. The third-order valence-corrected chi connectivity index (χ3v) is 7.33. The summed E-state index contributed by atoms with van der Waals surface area (Å²) >= 11 is 0. The zero-order valence-electron chi connectivity index (χ0n) is 22.3. The fraction of sp³-hybridized carbons (Fsp3) is 0.500. The lowest BCUT2D eigenvalue weighted by atomic mass is 9.49. The molecule has 191 valence electrons. The molecular weight excluding hydrogens is 467 g/mol. The quantitative estimate of drug-likeness (QED) is 0.486. The van der Waals surface area contributed by atoms with Crippen molar-refractivity contribution in [1.29, 1.82) is 0 Å². The van der Waals surface area contributed by atoms with E-state index < -0.39 is 16.0 Å². The van der Waals surface area contributed by atoms with Gasteiger partial charge in [-0.3, -0.25) is 9.69 Å². The first kappa shape index (κ1) is 32.0. The molecule has 0 aliphatic carbocycles. The predicted molar refractivity (Wildman–Crippen MR) is 153 cm³/mol. The molecule has 1 amide bonds. The number of hydrogen-bond acceptors (Lipinski definition) is 4. The van der Waals surface area contributed by atoms with E-state index in [1.54, 1.807) is 37.5 Å². The van der Waals surface area contributed by atoms with Gasteiger partial charge < -0.3 is 5.32 Å². The lowest BCUT2D eigenvalue weighted by Gasteiger charge is -2.28. The van der Waals surface area contributed by atoms with Crippen molar-refractivity contribution in [2.75, 3.05) is 19.6 Å². The summed E-state index contributed by atoms with van der Waals surface area (Å²) in [4.78, 5) is 14.8. The molecule has 2 aromatic carbocycles. The van der Waals surface area contributed by atoms with Crippen LogP contribution in [-0.4, -0.2) is 73.6 Å². The first-order valence-corrected chi connectivity index (χ1v) is 14.3. The second-order valence-electron chi connectivity index (χ2n) is 8.06. The van der Waals surface area contributed by atoms with Crippen LogP contribution in [0.1, 0.15) is 58.9 Å². The Kier molecular flexibility index (Phi) is 14.8. The molecule has 0 bridgehead atoms. The first-order chi connectivity index (χ1) is 17.3. The Hall–Kier alpha value is -2.03. The van der Waals surface area contributed by atoms with Crippen molar-refractivity contribution >= 4 is 44.1 Å². The van der Waals surface area contributed by atoms with Crippen molar-refractivity contribution in [3.05, 3.63) is 60.2 Å². The van der Waals surface area contributed by atoms with Gasteiger partial charge in [-0.2, -0.15) is 0 Å². The van der Waals surface area contributed by atoms with Gasteiger partial charge in [0.25, 0.3) is 0 Å². The topological polar surface area (TPSA) is 78.5 Å². The van der Waals surface area contributed by atoms with Crippen molar-refractivity contribution in [2.24, 2.45) is 0 Å². The maximum Gasteiger partial charge on any atom is 0.240 e. The minimum Gasteiger partial charge on any atom is -0.360 e. The summed E-state index contributed by atoms with van der Waals surface area (Å²) in [5.74, 6) is -0.806. The first-order valence-electron chi connectivity index (χ1n) is 12.8. The lowest BCUT2D eigenvalue weighted by Crippen LogP contribution is -2.46. The van der Waals surface area contributed by atoms with Crippen LogP contribution < -0.4 is 15.5 Å². The van der Waals surface area contributed by atoms with Gasteiger partial charge in [-0.15, -0.1) is 0 Å². The Morgan fingerprint density at radius 2 is 1.69 bits per heavy atom. The summed E-state index contributed by atoms with van der Waals surface area (Å²) in [7, 11) is 10.0. The van der Waals surface area contributed by atoms with Crippen molar-refractivity contribution < 1.29 is 13.2 Å². The number of likely N-dealkylation sites (tertiary alicyclic amines) is 1. The van der Waals surface area contributed by atoms with Gasteiger partial charge >= 0.3 is 0 Å². The highest BCUT2D eigenvalue weighted by Gasteiger charge is 2.29. The Labute approximate surface area is 222 Å². The zero-order valence-corrected chi connectivity index (χ0v) is 23.1. The molecule has 5 radical (unpaired) electrons. The zero-order chi connectivity index (χ0) is 27.1. The molecule has 1 aliphatic rings. The minimum absolute atomic E-state index is 0.0704. The molecular formula is C26H39B3N3O3S. The number of carbonyl (C=O) groups excluding carboxylic acids is 1. The molecule has 2 aromatic rings. The van der Waals surface area contributed by atoms with Crippen molar-refractivity contribution in [3.8, 4) is 0 Å². The number of nitrogens with one attached hydrogen (secondary N) is 2. The molecule has 10 heteroatoms. The largest absolute Gasteiger partial charge is 0.360 e. The molecule has 1 heterocycles. The number of benzene rings is 2. The van der Waals surface area contributed by atoms with Crippen LogP contribution >= 0.6 is 0 Å². The molecule has 1 aliphatic heterocycles. The van der Waals surface area contributed by atoms with Crippen LogP contribution in [0.15, 0.2) is 59.5 Å². The highest BCUT2D eigenvalue weighted by molar-refractivity contribution is 7.89. The summed E-state index contributed by atoms with van der Waals surface area (Å²) in [5.41, 5.74) is 1.90. The Balaban J connectivity index is 0.00000154. The molecule has 3 atom stereocenters. The van der Waals surface area contributed by atoms with E-state index in [4.69, 9.17) is 15.6 Å². The van der Waals surface area contributed by atoms with Gasteiger partial charge in [0.15, 0.2) is 0 Å². The summed E-state index contributed by atoms with van der Waals surface area (Å²) < 4.78 is 27.8. The van der Waals surface area contributed by atoms with E-state index >= 15 is 0 Å². The average Bonchev–Trinajstić information content (AvgIpc) is 3.33. The van der Waals surface area contributed by atoms with Crippen molar-refractivity contribution in [3.63, 3.8) is 0 Å². The van der Waals surface area contributed by atoms with E-state index in [9.17, 15) is 13.2 Å². The SMILES string of the molecule is CC.CC.[B][B]c1ccccc1C(CC)C([B])NC(=O)CN1CCC(NS(=O)(=O)c2ccccc2)C1. The monoisotopic (exact) mass is 506 g/mol. The summed E-state index contributed by atoms with van der Waals surface area (Å²) in [5, 5.41) is 2.90. The average molecular weight is 506 g/mol. The summed E-state index contributed by atoms with van der Waals surface area (Å²) in [6.07, 6.45) is 1.39. The summed E-state index contributed by atoms with van der Waals surface area (Å²) in [6.45, 7) is 11.3. The molecule has 36 heavy (non-hydrogen) atoms. The normalized spacial score (nSPS) is 17.0. The number of amides is 1. The molecule has 0 spiro atoms. The molecule has 3 rings (SSSR count). The van der Waals surface area contributed by atoms with E-state index in [1.807, 2.05) is 63.8 Å². The van der Waals surface area contributed by atoms with E-state index in [2.05, 4.69) is 10.0 Å². The van der Waals surface area contributed by atoms with Crippen LogP contribution in [0.3, 0.4) is 0 Å². The molecule has 3 unspecified atom stereocenters. The lowest BCUT2D eigenvalue weighted by molar-refractivity contribution is -0.122. The predicted octanol–water partition coefficient (Wildman–Crippen LogP) is 2.31. The maximum absolute atomic E-state index is 12.6. The van der Waals surface area contributed by atoms with Gasteiger partial charge in [-0.05, 0) is 36.8 Å². The third kappa shape index (κ3) is 9.45. The second-order valence-corrected chi connectivity index (χ2v) is 9.77. The third-order valence-electron chi connectivity index (χ3n) is 5.79. The number of hydrogen-bond donors (Lipinski definition) is 2. The van der Waals surface area contributed by atoms with E-state index in [0.29, 0.717) is 19.5 Å². The molecule has 1 saturated heterocycles. The highest BCUT2D eigenvalue weighted by Crippen LogP contribution is 2.21. The number of rotatable bonds is 10. The smallest absolute Gasteiger partial charge is 0.240 e. The molecule has 0 saturated carbocycles. The number of carbonyl (C=O) groups is 1. The Morgan fingerprint density at radius 1 is 1.08 bits per heavy atom. The van der Waals surface area contributed by atoms with Gasteiger partial charge in [0.1, 0.15) is 0 Å². The summed E-state index contributed by atoms with van der Waals surface area (Å²) in [6, 6.07) is 15.8. The van der Waals surface area contributed by atoms with Crippen molar-refractivity contribution in [2.45, 2.75) is 70.3 Å². The second kappa shape index (κ2) is 16.7. The van der Waals surface area contributed by atoms with Crippen LogP contribution in [0.2, 0.25) is 0 Å². The standard InChI is InChI=1S/C22H27B3N3O3S.2C2H6/c1-2-18(19-10-6-7-11-20(19)25-24)22(23)26-21(29)15-28-13-12-16(14-28)27-32(30,31)17-8-4-3-5-9-17;2*1-2/h3-11,16,18,22,27H,2,12-15H2,1H3,(H,26,29);2*1-2H3.